The van der Waals surface area contributed by atoms with Crippen molar-refractivity contribution < 1.29 is 14.5 Å². The van der Waals surface area contributed by atoms with E-state index in [2.05, 4.69) is 39.8 Å². The molecule has 0 unspecified atom stereocenters. The number of carbonyl (C=O) groups excluding carboxylic acids is 2. The Morgan fingerprint density at radius 1 is 1.07 bits per heavy atom. The summed E-state index contributed by atoms with van der Waals surface area (Å²) in [6.07, 6.45) is 3.96. The minimum absolute atomic E-state index is 0.00356. The number of nitrogens with zero attached hydrogens (tertiary/aromatic N) is 2. The van der Waals surface area contributed by atoms with Gasteiger partial charge in [0.2, 0.25) is 0 Å². The van der Waals surface area contributed by atoms with Gasteiger partial charge in [-0.1, -0.05) is 18.2 Å². The lowest BCUT2D eigenvalue weighted by Gasteiger charge is -2.17. The van der Waals surface area contributed by atoms with Crippen LogP contribution in [0.25, 0.3) is 0 Å². The van der Waals surface area contributed by atoms with E-state index in [1.807, 2.05) is 0 Å². The molecule has 8 heteroatoms. The first-order chi connectivity index (χ1) is 14.4. The number of rotatable bonds is 7. The number of aryl methyl sites for hydroxylation is 2. The van der Waals surface area contributed by atoms with E-state index in [4.69, 9.17) is 0 Å². The lowest BCUT2D eigenvalue weighted by Crippen LogP contribution is -2.36. The summed E-state index contributed by atoms with van der Waals surface area (Å²) in [4.78, 5) is 37.0. The maximum Gasteiger partial charge on any atom is 0.313 e. The van der Waals surface area contributed by atoms with Crippen LogP contribution in [-0.2, 0) is 16.0 Å². The van der Waals surface area contributed by atoms with Gasteiger partial charge >= 0.3 is 11.8 Å². The summed E-state index contributed by atoms with van der Waals surface area (Å²) in [6.45, 7) is 4.28. The van der Waals surface area contributed by atoms with Crippen molar-refractivity contribution in [3.8, 4) is 0 Å². The largest absolute Gasteiger partial charge is 0.372 e. The Balaban J connectivity index is 1.43. The van der Waals surface area contributed by atoms with E-state index in [1.54, 1.807) is 13.0 Å². The molecule has 158 valence electrons. The first-order valence-electron chi connectivity index (χ1n) is 10.1. The van der Waals surface area contributed by atoms with Gasteiger partial charge in [0.25, 0.3) is 5.69 Å². The van der Waals surface area contributed by atoms with Crippen LogP contribution in [0.3, 0.4) is 0 Å². The predicted octanol–water partition coefficient (Wildman–Crippen LogP) is 3.19. The van der Waals surface area contributed by atoms with Gasteiger partial charge in [0.15, 0.2) is 0 Å². The number of hydrogen-bond donors (Lipinski definition) is 2. The van der Waals surface area contributed by atoms with E-state index < -0.39 is 16.7 Å². The third-order valence-corrected chi connectivity index (χ3v) is 5.14. The van der Waals surface area contributed by atoms with Crippen molar-refractivity contribution in [1.29, 1.82) is 0 Å². The van der Waals surface area contributed by atoms with Crippen molar-refractivity contribution >= 4 is 28.9 Å². The molecule has 2 aromatic carbocycles. The molecule has 2 amide bonds. The molecule has 1 aliphatic heterocycles. The van der Waals surface area contributed by atoms with Gasteiger partial charge in [-0.15, -0.1) is 0 Å². The molecule has 0 aromatic heterocycles. The number of anilines is 2. The van der Waals surface area contributed by atoms with Gasteiger partial charge in [-0.05, 0) is 61.9 Å². The second kappa shape index (κ2) is 9.87. The average molecular weight is 410 g/mol. The standard InChI is InChI=1S/C22H26N4O4/c1-16-6-11-19(20(15-16)26(29)30)24-22(28)21(27)23-12-4-5-17-7-9-18(10-8-17)25-13-2-3-14-25/h6-11,15H,2-5,12-14H2,1H3,(H,23,27)(H,24,28). The Hall–Kier alpha value is -3.42. The van der Waals surface area contributed by atoms with Gasteiger partial charge in [-0.25, -0.2) is 0 Å². The highest BCUT2D eigenvalue weighted by Crippen LogP contribution is 2.25. The maximum atomic E-state index is 12.0. The van der Waals surface area contributed by atoms with Crippen molar-refractivity contribution in [1.82, 2.24) is 5.32 Å². The van der Waals surface area contributed by atoms with Crippen molar-refractivity contribution in [3.63, 3.8) is 0 Å². The quantitative estimate of drug-likeness (QED) is 0.316. The number of hydrogen-bond acceptors (Lipinski definition) is 5. The Bertz CT molecular complexity index is 921. The first kappa shape index (κ1) is 21.3. The molecule has 0 atom stereocenters. The van der Waals surface area contributed by atoms with E-state index in [0.29, 0.717) is 18.5 Å². The monoisotopic (exact) mass is 410 g/mol. The van der Waals surface area contributed by atoms with Crippen LogP contribution in [0.15, 0.2) is 42.5 Å². The molecule has 2 N–H and O–H groups in total. The summed E-state index contributed by atoms with van der Waals surface area (Å²) in [6, 6.07) is 12.8. The SMILES string of the molecule is Cc1ccc(NC(=O)C(=O)NCCCc2ccc(N3CCCC3)cc2)c([N+](=O)[O-])c1. The van der Waals surface area contributed by atoms with Crippen LogP contribution >= 0.6 is 0 Å². The lowest BCUT2D eigenvalue weighted by molar-refractivity contribution is -0.384. The van der Waals surface area contributed by atoms with Crippen molar-refractivity contribution in [2.45, 2.75) is 32.6 Å². The average Bonchev–Trinajstić information content (AvgIpc) is 3.27. The Morgan fingerprint density at radius 2 is 1.77 bits per heavy atom. The number of nitro benzene ring substituents is 1. The van der Waals surface area contributed by atoms with Gasteiger partial charge in [-0.3, -0.25) is 19.7 Å². The van der Waals surface area contributed by atoms with Crippen LogP contribution in [0, 0.1) is 17.0 Å². The molecule has 0 saturated carbocycles. The molecule has 8 nitrogen and oxygen atoms in total. The molecule has 1 aliphatic rings. The van der Waals surface area contributed by atoms with Crippen molar-refractivity contribution in [2.75, 3.05) is 29.9 Å². The van der Waals surface area contributed by atoms with Gasteiger partial charge in [-0.2, -0.15) is 0 Å². The highest BCUT2D eigenvalue weighted by molar-refractivity contribution is 6.39. The summed E-state index contributed by atoms with van der Waals surface area (Å²) < 4.78 is 0. The second-order valence-corrected chi connectivity index (χ2v) is 7.45. The fraction of sp³-hybridized carbons (Fsp3) is 0.364. The van der Waals surface area contributed by atoms with Crippen LogP contribution in [0.5, 0.6) is 0 Å². The van der Waals surface area contributed by atoms with Crippen LogP contribution in [-0.4, -0.2) is 36.4 Å². The van der Waals surface area contributed by atoms with Crippen LogP contribution in [0.2, 0.25) is 0 Å². The fourth-order valence-electron chi connectivity index (χ4n) is 3.50. The van der Waals surface area contributed by atoms with E-state index in [-0.39, 0.29) is 11.4 Å². The smallest absolute Gasteiger partial charge is 0.313 e. The maximum absolute atomic E-state index is 12.0. The summed E-state index contributed by atoms with van der Waals surface area (Å²) in [5, 5.41) is 16.0. The molecular formula is C22H26N4O4. The Morgan fingerprint density at radius 3 is 2.43 bits per heavy atom. The van der Waals surface area contributed by atoms with Gasteiger partial charge in [0.05, 0.1) is 4.92 Å². The minimum atomic E-state index is -0.920. The molecule has 0 spiro atoms. The highest BCUT2D eigenvalue weighted by atomic mass is 16.6. The fourth-order valence-corrected chi connectivity index (χ4v) is 3.50. The molecule has 3 rings (SSSR count). The third-order valence-electron chi connectivity index (χ3n) is 5.14. The summed E-state index contributed by atoms with van der Waals surface area (Å²) in [5.74, 6) is -1.73. The molecule has 0 bridgehead atoms. The minimum Gasteiger partial charge on any atom is -0.372 e. The Labute approximate surface area is 175 Å². The molecule has 1 heterocycles. The van der Waals surface area contributed by atoms with E-state index in [1.165, 1.54) is 36.2 Å². The van der Waals surface area contributed by atoms with Crippen molar-refractivity contribution in [3.05, 3.63) is 63.7 Å². The highest BCUT2D eigenvalue weighted by Gasteiger charge is 2.20. The number of nitro groups is 1. The molecule has 2 aromatic rings. The van der Waals surface area contributed by atoms with Gasteiger partial charge in [0, 0.05) is 31.4 Å². The zero-order chi connectivity index (χ0) is 21.5. The number of benzene rings is 2. The van der Waals surface area contributed by atoms with Gasteiger partial charge in [0.1, 0.15) is 5.69 Å². The summed E-state index contributed by atoms with van der Waals surface area (Å²) in [5.41, 5.74) is 2.87. The van der Waals surface area contributed by atoms with Crippen LogP contribution in [0.4, 0.5) is 17.1 Å². The van der Waals surface area contributed by atoms with Crippen LogP contribution < -0.4 is 15.5 Å². The second-order valence-electron chi connectivity index (χ2n) is 7.45. The summed E-state index contributed by atoms with van der Waals surface area (Å²) in [7, 11) is 0. The number of carbonyl (C=O) groups is 2. The third kappa shape index (κ3) is 5.56. The zero-order valence-electron chi connectivity index (χ0n) is 17.0. The molecule has 30 heavy (non-hydrogen) atoms. The van der Waals surface area contributed by atoms with Crippen molar-refractivity contribution in [2.24, 2.45) is 0 Å². The molecule has 1 saturated heterocycles. The van der Waals surface area contributed by atoms with Gasteiger partial charge < -0.3 is 15.5 Å². The lowest BCUT2D eigenvalue weighted by atomic mass is 10.1. The molecule has 1 fully saturated rings. The topological polar surface area (TPSA) is 105 Å². The molecule has 0 radical (unpaired) electrons. The summed E-state index contributed by atoms with van der Waals surface area (Å²) >= 11 is 0. The predicted molar refractivity (Wildman–Crippen MR) is 116 cm³/mol. The molecular weight excluding hydrogens is 384 g/mol. The first-order valence-corrected chi connectivity index (χ1v) is 10.1. The number of amides is 2. The van der Waals surface area contributed by atoms with E-state index in [0.717, 1.165) is 19.5 Å². The van der Waals surface area contributed by atoms with E-state index >= 15 is 0 Å². The Kier molecular flexibility index (Phi) is 7.00. The molecule has 0 aliphatic carbocycles. The van der Waals surface area contributed by atoms with E-state index in [9.17, 15) is 19.7 Å². The zero-order valence-corrected chi connectivity index (χ0v) is 17.0. The van der Waals surface area contributed by atoms with Crippen LogP contribution in [0.1, 0.15) is 30.4 Å². The normalized spacial score (nSPS) is 13.2. The number of nitrogens with one attached hydrogen (secondary N) is 2.